The molecule has 2 rings (SSSR count). The maximum absolute atomic E-state index is 8.84. The Kier molecular flexibility index (Phi) is 4.24. The summed E-state index contributed by atoms with van der Waals surface area (Å²) in [7, 11) is 2.06. The number of aromatic nitrogens is 1. The number of nitrogens with zero attached hydrogens (tertiary/aromatic N) is 3. The fourth-order valence-corrected chi connectivity index (χ4v) is 2.75. The third-order valence-corrected chi connectivity index (χ3v) is 4.05. The average Bonchev–Trinajstić information content (AvgIpc) is 2.46. The Balaban J connectivity index is 2.21. The normalized spacial score (nSPS) is 24.2. The van der Waals surface area contributed by atoms with E-state index < -0.39 is 0 Å². The molecule has 0 spiro atoms. The minimum absolute atomic E-state index is 0.0617. The zero-order chi connectivity index (χ0) is 13.8. The summed E-state index contributed by atoms with van der Waals surface area (Å²) in [5.41, 5.74) is 7.17. The number of anilines is 1. The lowest BCUT2D eigenvalue weighted by Crippen LogP contribution is -2.36. The summed E-state index contributed by atoms with van der Waals surface area (Å²) in [6, 6.07) is 4.36. The third kappa shape index (κ3) is 2.97. The van der Waals surface area contributed by atoms with Crippen molar-refractivity contribution >= 4 is 11.5 Å². The second-order valence-corrected chi connectivity index (χ2v) is 5.38. The number of oxime groups is 1. The van der Waals surface area contributed by atoms with Crippen LogP contribution in [0, 0.1) is 5.92 Å². The summed E-state index contributed by atoms with van der Waals surface area (Å²) >= 11 is 0. The molecule has 0 aliphatic heterocycles. The Morgan fingerprint density at radius 2 is 2.11 bits per heavy atom. The van der Waals surface area contributed by atoms with Gasteiger partial charge in [0.25, 0.3) is 0 Å². The summed E-state index contributed by atoms with van der Waals surface area (Å²) in [5.74, 6) is 0.883. The molecule has 0 atom stereocenters. The molecule has 1 aromatic heterocycles. The van der Waals surface area contributed by atoms with Crippen LogP contribution in [-0.4, -0.2) is 29.1 Å². The van der Waals surface area contributed by atoms with E-state index in [9.17, 15) is 0 Å². The molecule has 1 aromatic rings. The molecule has 1 saturated carbocycles. The zero-order valence-electron chi connectivity index (χ0n) is 11.6. The molecule has 0 bridgehead atoms. The van der Waals surface area contributed by atoms with E-state index in [1.807, 2.05) is 12.1 Å². The summed E-state index contributed by atoms with van der Waals surface area (Å²) in [5, 5.41) is 11.9. The van der Waals surface area contributed by atoms with Crippen molar-refractivity contribution in [2.24, 2.45) is 16.8 Å². The van der Waals surface area contributed by atoms with Crippen molar-refractivity contribution in [3.8, 4) is 0 Å². The van der Waals surface area contributed by atoms with E-state index in [0.29, 0.717) is 11.7 Å². The van der Waals surface area contributed by atoms with Crippen LogP contribution >= 0.6 is 0 Å². The van der Waals surface area contributed by atoms with Crippen LogP contribution in [0.25, 0.3) is 0 Å². The molecule has 104 valence electrons. The molecule has 0 saturated heterocycles. The molecule has 1 aliphatic rings. The van der Waals surface area contributed by atoms with Crippen LogP contribution in [-0.2, 0) is 0 Å². The third-order valence-electron chi connectivity index (χ3n) is 4.05. The summed E-state index contributed by atoms with van der Waals surface area (Å²) in [6.45, 7) is 2.31. The van der Waals surface area contributed by atoms with Gasteiger partial charge in [-0.3, -0.25) is 4.98 Å². The van der Waals surface area contributed by atoms with Gasteiger partial charge in [0.2, 0.25) is 0 Å². The van der Waals surface area contributed by atoms with Crippen LogP contribution < -0.4 is 10.6 Å². The van der Waals surface area contributed by atoms with E-state index in [2.05, 4.69) is 29.0 Å². The molecule has 0 radical (unpaired) electrons. The van der Waals surface area contributed by atoms with Gasteiger partial charge in [-0.15, -0.1) is 0 Å². The predicted molar refractivity (Wildman–Crippen MR) is 76.6 cm³/mol. The van der Waals surface area contributed by atoms with E-state index in [0.717, 1.165) is 11.6 Å². The van der Waals surface area contributed by atoms with Crippen molar-refractivity contribution in [3.63, 3.8) is 0 Å². The maximum atomic E-state index is 8.84. The van der Waals surface area contributed by atoms with Gasteiger partial charge in [0, 0.05) is 19.3 Å². The van der Waals surface area contributed by atoms with Crippen molar-refractivity contribution in [1.82, 2.24) is 4.98 Å². The van der Waals surface area contributed by atoms with Gasteiger partial charge in [-0.1, -0.05) is 12.1 Å². The molecule has 5 nitrogen and oxygen atoms in total. The van der Waals surface area contributed by atoms with Gasteiger partial charge in [-0.2, -0.15) is 0 Å². The van der Waals surface area contributed by atoms with Gasteiger partial charge >= 0.3 is 0 Å². The fraction of sp³-hybridized carbons (Fsp3) is 0.571. The van der Waals surface area contributed by atoms with Gasteiger partial charge in [-0.05, 0) is 43.7 Å². The smallest absolute Gasteiger partial charge is 0.190 e. The molecular weight excluding hydrogens is 240 g/mol. The Bertz CT molecular complexity index is 453. The van der Waals surface area contributed by atoms with Crippen LogP contribution in [0.4, 0.5) is 5.69 Å². The second kappa shape index (κ2) is 5.91. The van der Waals surface area contributed by atoms with Crippen molar-refractivity contribution in [2.75, 3.05) is 11.9 Å². The second-order valence-electron chi connectivity index (χ2n) is 5.38. The van der Waals surface area contributed by atoms with Crippen molar-refractivity contribution in [1.29, 1.82) is 0 Å². The summed E-state index contributed by atoms with van der Waals surface area (Å²) < 4.78 is 0. The molecular formula is C14H22N4O. The molecule has 19 heavy (non-hydrogen) atoms. The monoisotopic (exact) mass is 262 g/mol. The lowest BCUT2D eigenvalue weighted by atomic mass is 9.86. The van der Waals surface area contributed by atoms with Crippen LogP contribution in [0.1, 0.15) is 38.3 Å². The molecule has 1 aliphatic carbocycles. The van der Waals surface area contributed by atoms with Crippen molar-refractivity contribution in [3.05, 3.63) is 24.0 Å². The lowest BCUT2D eigenvalue weighted by Gasteiger charge is -2.35. The van der Waals surface area contributed by atoms with E-state index in [-0.39, 0.29) is 5.84 Å². The minimum Gasteiger partial charge on any atom is -0.409 e. The maximum Gasteiger partial charge on any atom is 0.190 e. The van der Waals surface area contributed by atoms with E-state index >= 15 is 0 Å². The minimum atomic E-state index is 0.0617. The molecule has 0 amide bonds. The Hall–Kier alpha value is -1.78. The predicted octanol–water partition coefficient (Wildman–Crippen LogP) is 2.19. The number of hydrogen-bond acceptors (Lipinski definition) is 4. The Labute approximate surface area is 114 Å². The number of rotatable bonds is 3. The topological polar surface area (TPSA) is 74.7 Å². The fourth-order valence-electron chi connectivity index (χ4n) is 2.75. The Morgan fingerprint density at radius 3 is 2.74 bits per heavy atom. The highest BCUT2D eigenvalue weighted by molar-refractivity contribution is 6.00. The van der Waals surface area contributed by atoms with Gasteiger partial charge in [0.1, 0.15) is 5.69 Å². The SMILES string of the molecule is CC1CCC(N(C)c2cccnc2/C(N)=N/O)CC1. The van der Waals surface area contributed by atoms with Gasteiger partial charge in [0.05, 0.1) is 5.69 Å². The summed E-state index contributed by atoms with van der Waals surface area (Å²) in [6.07, 6.45) is 6.54. The van der Waals surface area contributed by atoms with Crippen LogP contribution in [0.15, 0.2) is 23.5 Å². The van der Waals surface area contributed by atoms with E-state index in [1.54, 1.807) is 6.20 Å². The van der Waals surface area contributed by atoms with Crippen LogP contribution in [0.2, 0.25) is 0 Å². The molecule has 5 heteroatoms. The first kappa shape index (κ1) is 13.6. The van der Waals surface area contributed by atoms with E-state index in [1.165, 1.54) is 25.7 Å². The first-order chi connectivity index (χ1) is 9.13. The number of amidine groups is 1. The summed E-state index contributed by atoms with van der Waals surface area (Å²) in [4.78, 5) is 6.44. The molecule has 1 fully saturated rings. The van der Waals surface area contributed by atoms with Crippen LogP contribution in [0.5, 0.6) is 0 Å². The average molecular weight is 262 g/mol. The number of pyridine rings is 1. The molecule has 0 unspecified atom stereocenters. The quantitative estimate of drug-likeness (QED) is 0.379. The molecule has 0 aromatic carbocycles. The van der Waals surface area contributed by atoms with Crippen molar-refractivity contribution in [2.45, 2.75) is 38.6 Å². The number of hydrogen-bond donors (Lipinski definition) is 2. The zero-order valence-corrected chi connectivity index (χ0v) is 11.6. The molecule has 3 N–H and O–H groups in total. The highest BCUT2D eigenvalue weighted by Crippen LogP contribution is 2.30. The van der Waals surface area contributed by atoms with Gasteiger partial charge < -0.3 is 15.8 Å². The highest BCUT2D eigenvalue weighted by Gasteiger charge is 2.24. The first-order valence-corrected chi connectivity index (χ1v) is 6.79. The molecule has 1 heterocycles. The Morgan fingerprint density at radius 1 is 1.42 bits per heavy atom. The number of nitrogens with two attached hydrogens (primary N) is 1. The lowest BCUT2D eigenvalue weighted by molar-refractivity contribution is 0.318. The first-order valence-electron chi connectivity index (χ1n) is 6.79. The van der Waals surface area contributed by atoms with E-state index in [4.69, 9.17) is 10.9 Å². The van der Waals surface area contributed by atoms with Crippen LogP contribution in [0.3, 0.4) is 0 Å². The highest BCUT2D eigenvalue weighted by atomic mass is 16.4. The van der Waals surface area contributed by atoms with Gasteiger partial charge in [0.15, 0.2) is 5.84 Å². The van der Waals surface area contributed by atoms with Gasteiger partial charge in [-0.25, -0.2) is 0 Å². The standard InChI is InChI=1S/C14H22N4O/c1-10-5-7-11(8-6-10)18(2)12-4-3-9-16-13(12)14(15)17-19/h3-4,9-11,19H,5-8H2,1-2H3,(H2,15,17). The largest absolute Gasteiger partial charge is 0.409 e. The van der Waals surface area contributed by atoms with Crippen molar-refractivity contribution < 1.29 is 5.21 Å².